The number of hydrogen-bond acceptors (Lipinski definition) is 3. The van der Waals surface area contributed by atoms with E-state index < -0.39 is 47.2 Å². The van der Waals surface area contributed by atoms with Gasteiger partial charge in [0.2, 0.25) is 0 Å². The first kappa shape index (κ1) is 24.3. The van der Waals surface area contributed by atoms with Crippen LogP contribution in [0, 0.1) is 0 Å². The summed E-state index contributed by atoms with van der Waals surface area (Å²) in [5.41, 5.74) is -3.11. The Morgan fingerprint density at radius 1 is 0.906 bits per heavy atom. The highest BCUT2D eigenvalue weighted by atomic mass is 19.4. The van der Waals surface area contributed by atoms with Crippen LogP contribution in [0.4, 0.5) is 26.3 Å². The fourth-order valence-electron chi connectivity index (χ4n) is 3.99. The molecule has 0 aliphatic heterocycles. The zero-order valence-corrected chi connectivity index (χ0v) is 17.0. The van der Waals surface area contributed by atoms with Gasteiger partial charge in [-0.25, -0.2) is 0 Å². The number of ether oxygens (including phenoxy) is 1. The van der Waals surface area contributed by atoms with Crippen LogP contribution in [0.5, 0.6) is 0 Å². The molecule has 3 nitrogen and oxygen atoms in total. The summed E-state index contributed by atoms with van der Waals surface area (Å²) in [7, 11) is 0. The molecule has 2 aromatic carbocycles. The molecule has 3 rings (SSSR count). The Balaban J connectivity index is 1.92. The molecular formula is C23H22F6O3. The molecular weight excluding hydrogens is 438 g/mol. The van der Waals surface area contributed by atoms with Crippen molar-refractivity contribution in [1.29, 1.82) is 0 Å². The summed E-state index contributed by atoms with van der Waals surface area (Å²) in [4.78, 5) is 11.8. The van der Waals surface area contributed by atoms with Crippen molar-refractivity contribution < 1.29 is 41.0 Å². The first-order valence-corrected chi connectivity index (χ1v) is 10.0. The molecule has 32 heavy (non-hydrogen) atoms. The number of carbonyl (C=O) groups is 1. The predicted molar refractivity (Wildman–Crippen MR) is 104 cm³/mol. The maximum atomic E-state index is 13.2. The molecule has 0 aromatic heterocycles. The molecule has 0 radical (unpaired) electrons. The standard InChI is InChI=1S/C23H22F6O3/c24-22(25,26)17-10-15(11-18(12-17)23(27,28)29)20(13-30)32-14-21(8-6-19(31)7-9-21)16-4-2-1-3-5-16/h1-5,10-12,20,30H,6-9,13-14H2/t20-/m1/s1. The monoisotopic (exact) mass is 460 g/mol. The van der Waals surface area contributed by atoms with Gasteiger partial charge in [-0.2, -0.15) is 26.3 Å². The molecule has 0 unspecified atom stereocenters. The van der Waals surface area contributed by atoms with E-state index in [1.807, 2.05) is 18.2 Å². The highest BCUT2D eigenvalue weighted by molar-refractivity contribution is 5.79. The van der Waals surface area contributed by atoms with E-state index in [4.69, 9.17) is 4.74 Å². The average Bonchev–Trinajstić information content (AvgIpc) is 2.75. The molecule has 0 amide bonds. The number of benzene rings is 2. The molecule has 0 spiro atoms. The number of hydrogen-bond donors (Lipinski definition) is 1. The third kappa shape index (κ3) is 5.50. The minimum atomic E-state index is -5.00. The minimum Gasteiger partial charge on any atom is -0.393 e. The van der Waals surface area contributed by atoms with Crippen LogP contribution in [0.3, 0.4) is 0 Å². The second-order valence-electron chi connectivity index (χ2n) is 8.01. The summed E-state index contributed by atoms with van der Waals surface area (Å²) in [6.07, 6.45) is -9.92. The van der Waals surface area contributed by atoms with Gasteiger partial charge in [0.05, 0.1) is 24.3 Å². The van der Waals surface area contributed by atoms with Crippen LogP contribution in [0.15, 0.2) is 48.5 Å². The summed E-state index contributed by atoms with van der Waals surface area (Å²) < 4.78 is 84.9. The van der Waals surface area contributed by atoms with Crippen LogP contribution >= 0.6 is 0 Å². The Labute approximate surface area is 181 Å². The van der Waals surface area contributed by atoms with Crippen molar-refractivity contribution in [2.45, 2.75) is 49.6 Å². The van der Waals surface area contributed by atoms with E-state index in [1.165, 1.54) is 0 Å². The van der Waals surface area contributed by atoms with Crippen molar-refractivity contribution in [1.82, 2.24) is 0 Å². The molecule has 0 heterocycles. The van der Waals surface area contributed by atoms with E-state index in [0.717, 1.165) is 5.56 Å². The maximum absolute atomic E-state index is 13.2. The number of Topliss-reactive ketones (excluding diaryl/α,β-unsaturated/α-hetero) is 1. The third-order valence-corrected chi connectivity index (χ3v) is 5.86. The second-order valence-corrected chi connectivity index (χ2v) is 8.01. The molecule has 2 aromatic rings. The Bertz CT molecular complexity index is 895. The zero-order chi connectivity index (χ0) is 23.6. The van der Waals surface area contributed by atoms with Gasteiger partial charge < -0.3 is 9.84 Å². The fraction of sp³-hybridized carbons (Fsp3) is 0.435. The largest absolute Gasteiger partial charge is 0.416 e. The van der Waals surface area contributed by atoms with Crippen molar-refractivity contribution in [2.75, 3.05) is 13.2 Å². The molecule has 0 saturated heterocycles. The van der Waals surface area contributed by atoms with E-state index in [9.17, 15) is 36.2 Å². The fourth-order valence-corrected chi connectivity index (χ4v) is 3.99. The Kier molecular flexibility index (Phi) is 7.00. The lowest BCUT2D eigenvalue weighted by Gasteiger charge is -2.38. The van der Waals surface area contributed by atoms with E-state index in [0.29, 0.717) is 37.8 Å². The number of ketones is 1. The molecule has 174 valence electrons. The highest BCUT2D eigenvalue weighted by Crippen LogP contribution is 2.41. The van der Waals surface area contributed by atoms with E-state index in [-0.39, 0.29) is 18.5 Å². The maximum Gasteiger partial charge on any atom is 0.416 e. The molecule has 1 atom stereocenters. The SMILES string of the molecule is O=C1CCC(CO[C@H](CO)c2cc(C(F)(F)F)cc(C(F)(F)F)c2)(c2ccccc2)CC1. The van der Waals surface area contributed by atoms with Crippen LogP contribution in [0.2, 0.25) is 0 Å². The predicted octanol–water partition coefficient (Wildman–Crippen LogP) is 5.86. The molecule has 1 fully saturated rings. The lowest BCUT2D eigenvalue weighted by molar-refractivity contribution is -0.143. The smallest absolute Gasteiger partial charge is 0.393 e. The number of aliphatic hydroxyl groups is 1. The van der Waals surface area contributed by atoms with Gasteiger partial charge in [0.15, 0.2) is 0 Å². The van der Waals surface area contributed by atoms with E-state index >= 15 is 0 Å². The van der Waals surface area contributed by atoms with E-state index in [2.05, 4.69) is 0 Å². The van der Waals surface area contributed by atoms with Crippen molar-refractivity contribution in [2.24, 2.45) is 0 Å². The van der Waals surface area contributed by atoms with Crippen LogP contribution < -0.4 is 0 Å². The van der Waals surface area contributed by atoms with Crippen LogP contribution in [0.1, 0.15) is 54.0 Å². The molecule has 9 heteroatoms. The van der Waals surface area contributed by atoms with Gasteiger partial charge in [-0.3, -0.25) is 4.79 Å². The average molecular weight is 460 g/mol. The Morgan fingerprint density at radius 3 is 1.91 bits per heavy atom. The Hall–Kier alpha value is -2.39. The van der Waals surface area contributed by atoms with Crippen LogP contribution in [0.25, 0.3) is 0 Å². The van der Waals surface area contributed by atoms with Crippen LogP contribution in [-0.2, 0) is 27.3 Å². The number of aliphatic hydroxyl groups excluding tert-OH is 1. The minimum absolute atomic E-state index is 0.0378. The lowest BCUT2D eigenvalue weighted by atomic mass is 9.69. The van der Waals surface area contributed by atoms with Gasteiger partial charge in [0.25, 0.3) is 0 Å². The van der Waals surface area contributed by atoms with Crippen molar-refractivity contribution in [3.63, 3.8) is 0 Å². The summed E-state index contributed by atoms with van der Waals surface area (Å²) in [5, 5.41) is 9.75. The number of alkyl halides is 6. The van der Waals surface area contributed by atoms with Gasteiger partial charge in [-0.05, 0) is 42.2 Å². The second kappa shape index (κ2) is 9.23. The van der Waals surface area contributed by atoms with Gasteiger partial charge >= 0.3 is 12.4 Å². The normalized spacial score (nSPS) is 17.9. The first-order valence-electron chi connectivity index (χ1n) is 10.0. The quantitative estimate of drug-likeness (QED) is 0.550. The van der Waals surface area contributed by atoms with Crippen LogP contribution in [-0.4, -0.2) is 24.1 Å². The van der Waals surface area contributed by atoms with Crippen molar-refractivity contribution in [3.05, 3.63) is 70.8 Å². The lowest BCUT2D eigenvalue weighted by Crippen LogP contribution is -2.37. The summed E-state index contributed by atoms with van der Waals surface area (Å²) >= 11 is 0. The molecule has 1 N–H and O–H groups in total. The van der Waals surface area contributed by atoms with Crippen molar-refractivity contribution in [3.8, 4) is 0 Å². The summed E-state index contributed by atoms with van der Waals surface area (Å²) in [6, 6.07) is 10.3. The highest BCUT2D eigenvalue weighted by Gasteiger charge is 2.39. The molecule has 1 saturated carbocycles. The number of rotatable bonds is 6. The van der Waals surface area contributed by atoms with Crippen molar-refractivity contribution >= 4 is 5.78 Å². The summed E-state index contributed by atoms with van der Waals surface area (Å²) in [6.45, 7) is -0.866. The Morgan fingerprint density at radius 2 is 1.44 bits per heavy atom. The zero-order valence-electron chi connectivity index (χ0n) is 17.0. The van der Waals surface area contributed by atoms with Gasteiger partial charge in [0, 0.05) is 18.3 Å². The first-order chi connectivity index (χ1) is 14.9. The molecule has 1 aliphatic carbocycles. The molecule has 0 bridgehead atoms. The topological polar surface area (TPSA) is 46.5 Å². The van der Waals surface area contributed by atoms with Gasteiger partial charge in [0.1, 0.15) is 11.9 Å². The summed E-state index contributed by atoms with van der Waals surface area (Å²) in [5.74, 6) is 0.0861. The van der Waals surface area contributed by atoms with Gasteiger partial charge in [-0.1, -0.05) is 30.3 Å². The number of carbonyl (C=O) groups excluding carboxylic acids is 1. The number of halogens is 6. The van der Waals surface area contributed by atoms with E-state index in [1.54, 1.807) is 12.1 Å². The van der Waals surface area contributed by atoms with Gasteiger partial charge in [-0.15, -0.1) is 0 Å². The molecule has 1 aliphatic rings. The third-order valence-electron chi connectivity index (χ3n) is 5.86.